The molecule has 0 aromatic rings. The second-order valence-electron chi connectivity index (χ2n) is 5.21. The fraction of sp³-hybridized carbons (Fsp3) is 0.917. The van der Waals surface area contributed by atoms with Crippen LogP contribution in [0, 0.1) is 0 Å². The highest BCUT2D eigenvalue weighted by Crippen LogP contribution is 2.15. The summed E-state index contributed by atoms with van der Waals surface area (Å²) in [6.07, 6.45) is 3.38. The van der Waals surface area contributed by atoms with Gasteiger partial charge in [0.2, 0.25) is 0 Å². The van der Waals surface area contributed by atoms with E-state index >= 15 is 0 Å². The molecule has 110 valence electrons. The van der Waals surface area contributed by atoms with Crippen molar-refractivity contribution in [1.29, 1.82) is 0 Å². The number of carbonyl (C=O) groups is 1. The Morgan fingerprint density at radius 1 is 1.28 bits per heavy atom. The highest BCUT2D eigenvalue weighted by Gasteiger charge is 2.30. The molecular formula is C12H26O4S2. The van der Waals surface area contributed by atoms with Crippen molar-refractivity contribution in [3.05, 3.63) is 0 Å². The molecule has 1 atom stereocenters. The lowest BCUT2D eigenvalue weighted by Gasteiger charge is -2.16. The van der Waals surface area contributed by atoms with Crippen LogP contribution in [0.1, 0.15) is 47.5 Å². The molecule has 0 heterocycles. The van der Waals surface area contributed by atoms with Crippen molar-refractivity contribution in [2.75, 3.05) is 17.8 Å². The first kappa shape index (κ1) is 20.3. The van der Waals surface area contributed by atoms with Gasteiger partial charge in [0, 0.05) is 5.75 Å². The SMILES string of the molecule is CC(=O)C[S+](C)C(C)(C)C.CCCCS(=O)(=O)[O-]. The fourth-order valence-electron chi connectivity index (χ4n) is 0.843. The van der Waals surface area contributed by atoms with Crippen molar-refractivity contribution in [3.63, 3.8) is 0 Å². The lowest BCUT2D eigenvalue weighted by molar-refractivity contribution is -0.114. The summed E-state index contributed by atoms with van der Waals surface area (Å²) in [6.45, 7) is 10.0. The van der Waals surface area contributed by atoms with Crippen molar-refractivity contribution in [1.82, 2.24) is 0 Å². The molecule has 0 aromatic carbocycles. The van der Waals surface area contributed by atoms with E-state index < -0.39 is 10.1 Å². The second-order valence-corrected chi connectivity index (χ2v) is 9.52. The first-order valence-corrected chi connectivity index (χ1v) is 9.33. The number of Topliss-reactive ketones (excluding diaryl/α,β-unsaturated/α-hetero) is 1. The molecule has 18 heavy (non-hydrogen) atoms. The van der Waals surface area contributed by atoms with Crippen LogP contribution in [0.15, 0.2) is 0 Å². The predicted molar refractivity (Wildman–Crippen MR) is 78.1 cm³/mol. The van der Waals surface area contributed by atoms with Crippen LogP contribution in [0.2, 0.25) is 0 Å². The van der Waals surface area contributed by atoms with Gasteiger partial charge < -0.3 is 4.55 Å². The van der Waals surface area contributed by atoms with Gasteiger partial charge in [-0.05, 0) is 45.0 Å². The van der Waals surface area contributed by atoms with Crippen LogP contribution < -0.4 is 0 Å². The summed E-state index contributed by atoms with van der Waals surface area (Å²) < 4.78 is 29.8. The topological polar surface area (TPSA) is 74.3 Å². The molecule has 0 saturated heterocycles. The van der Waals surface area contributed by atoms with Gasteiger partial charge in [-0.2, -0.15) is 0 Å². The van der Waals surface area contributed by atoms with Gasteiger partial charge in [0.15, 0.2) is 11.5 Å². The maximum absolute atomic E-state index is 10.7. The van der Waals surface area contributed by atoms with E-state index in [0.29, 0.717) is 17.0 Å². The molecule has 0 saturated carbocycles. The predicted octanol–water partition coefficient (Wildman–Crippen LogP) is 1.95. The fourth-order valence-corrected chi connectivity index (χ4v) is 2.53. The number of rotatable bonds is 5. The summed E-state index contributed by atoms with van der Waals surface area (Å²) in [5, 5.41) is 0. The minimum absolute atomic E-state index is 0.219. The lowest BCUT2D eigenvalue weighted by atomic mass is 10.3. The van der Waals surface area contributed by atoms with Crippen LogP contribution in [-0.4, -0.2) is 41.3 Å². The molecule has 4 nitrogen and oxygen atoms in total. The Hall–Kier alpha value is -0.0700. The summed E-state index contributed by atoms with van der Waals surface area (Å²) in [6, 6.07) is 0. The number of hydrogen-bond acceptors (Lipinski definition) is 4. The van der Waals surface area contributed by atoms with Crippen molar-refractivity contribution in [2.24, 2.45) is 0 Å². The first-order valence-electron chi connectivity index (χ1n) is 5.95. The molecule has 0 N–H and O–H groups in total. The van der Waals surface area contributed by atoms with Gasteiger partial charge in [0.25, 0.3) is 0 Å². The highest BCUT2D eigenvalue weighted by atomic mass is 32.2. The molecule has 1 unspecified atom stereocenters. The maximum atomic E-state index is 10.7. The third-order valence-corrected chi connectivity index (χ3v) is 5.93. The Bertz CT molecular complexity index is 328. The third kappa shape index (κ3) is 15.9. The third-order valence-electron chi connectivity index (χ3n) is 2.21. The quantitative estimate of drug-likeness (QED) is 0.574. The van der Waals surface area contributed by atoms with Crippen LogP contribution in [0.4, 0.5) is 0 Å². The Morgan fingerprint density at radius 3 is 1.83 bits per heavy atom. The van der Waals surface area contributed by atoms with Crippen molar-refractivity contribution < 1.29 is 17.8 Å². The number of unbranched alkanes of at least 4 members (excludes halogenated alkanes) is 1. The monoisotopic (exact) mass is 298 g/mol. The van der Waals surface area contributed by atoms with Crippen LogP contribution in [0.25, 0.3) is 0 Å². The number of ketones is 1. The van der Waals surface area contributed by atoms with E-state index in [9.17, 15) is 17.8 Å². The van der Waals surface area contributed by atoms with Crippen LogP contribution in [0.5, 0.6) is 0 Å². The maximum Gasteiger partial charge on any atom is 0.178 e. The number of hydrogen-bond donors (Lipinski definition) is 0. The van der Waals surface area contributed by atoms with Gasteiger partial charge >= 0.3 is 0 Å². The van der Waals surface area contributed by atoms with Crippen LogP contribution >= 0.6 is 0 Å². The summed E-state index contributed by atoms with van der Waals surface area (Å²) in [5.74, 6) is 0.827. The molecule has 0 fully saturated rings. The smallest absolute Gasteiger partial charge is 0.178 e. The summed E-state index contributed by atoms with van der Waals surface area (Å²) in [5.41, 5.74) is 0. The average molecular weight is 298 g/mol. The molecule has 6 heteroatoms. The molecule has 0 aliphatic carbocycles. The minimum Gasteiger partial charge on any atom is -0.748 e. The molecule has 0 rings (SSSR count). The summed E-state index contributed by atoms with van der Waals surface area (Å²) in [7, 11) is -3.70. The molecule has 0 aliphatic heterocycles. The van der Waals surface area contributed by atoms with Gasteiger partial charge in [0.1, 0.15) is 4.75 Å². The molecule has 0 aromatic heterocycles. The standard InChI is InChI=1S/C8H17OS.C4H10O3S/c1-7(9)6-10(5)8(2,3)4;1-2-3-4-8(5,6)7/h6H2,1-5H3;2-4H2,1H3,(H,5,6,7)/q+1;/p-1. The zero-order chi connectivity index (χ0) is 15.0. The Morgan fingerprint density at radius 2 is 1.72 bits per heavy atom. The van der Waals surface area contributed by atoms with E-state index in [1.54, 1.807) is 6.92 Å². The Balaban J connectivity index is 0. The average Bonchev–Trinajstić information content (AvgIpc) is 2.12. The van der Waals surface area contributed by atoms with Crippen molar-refractivity contribution >= 4 is 26.8 Å². The van der Waals surface area contributed by atoms with Gasteiger partial charge in [-0.1, -0.05) is 13.3 Å². The molecule has 0 bridgehead atoms. The van der Waals surface area contributed by atoms with E-state index in [0.717, 1.165) is 12.2 Å². The Labute approximate surface area is 115 Å². The van der Waals surface area contributed by atoms with E-state index in [4.69, 9.17) is 0 Å². The first-order chi connectivity index (χ1) is 7.90. The number of carbonyl (C=O) groups excluding carboxylic acids is 1. The van der Waals surface area contributed by atoms with Crippen molar-refractivity contribution in [3.8, 4) is 0 Å². The summed E-state index contributed by atoms with van der Waals surface area (Å²) in [4.78, 5) is 10.7. The van der Waals surface area contributed by atoms with Gasteiger partial charge in [0.05, 0.1) is 16.4 Å². The van der Waals surface area contributed by atoms with Gasteiger partial charge in [-0.15, -0.1) is 0 Å². The zero-order valence-electron chi connectivity index (χ0n) is 12.3. The van der Waals surface area contributed by atoms with Crippen LogP contribution in [-0.2, 0) is 25.8 Å². The molecule has 0 aliphatic rings. The van der Waals surface area contributed by atoms with Crippen molar-refractivity contribution in [2.45, 2.75) is 52.2 Å². The molecule has 0 radical (unpaired) electrons. The molecule has 0 spiro atoms. The molecule has 0 amide bonds. The second kappa shape index (κ2) is 8.93. The van der Waals surface area contributed by atoms with Gasteiger partial charge in [-0.25, -0.2) is 8.42 Å². The van der Waals surface area contributed by atoms with E-state index in [1.807, 2.05) is 6.92 Å². The summed E-state index contributed by atoms with van der Waals surface area (Å²) >= 11 is 0. The highest BCUT2D eigenvalue weighted by molar-refractivity contribution is 7.98. The zero-order valence-corrected chi connectivity index (χ0v) is 13.9. The van der Waals surface area contributed by atoms with Crippen LogP contribution in [0.3, 0.4) is 0 Å². The van der Waals surface area contributed by atoms with E-state index in [-0.39, 0.29) is 16.6 Å². The molecular weight excluding hydrogens is 272 g/mol. The largest absolute Gasteiger partial charge is 0.748 e. The van der Waals surface area contributed by atoms with E-state index in [1.165, 1.54) is 0 Å². The lowest BCUT2D eigenvalue weighted by Crippen LogP contribution is -2.31. The van der Waals surface area contributed by atoms with Gasteiger partial charge in [-0.3, -0.25) is 4.79 Å². The minimum atomic E-state index is -3.94. The normalized spacial score (nSPS) is 13.5. The van der Waals surface area contributed by atoms with E-state index in [2.05, 4.69) is 27.0 Å². The Kier molecular flexibility index (Phi) is 10.1.